The maximum atomic E-state index is 13.2. The molecule has 1 aliphatic heterocycles. The van der Waals surface area contributed by atoms with Gasteiger partial charge in [0.25, 0.3) is 5.91 Å². The fourth-order valence-electron chi connectivity index (χ4n) is 5.20. The Morgan fingerprint density at radius 3 is 2.97 bits per heavy atom. The quantitative estimate of drug-likeness (QED) is 0.345. The molecule has 3 aromatic heterocycles. The number of carbonyl (C=O) groups excluding carboxylic acids is 1. The average molecular weight is 505 g/mol. The van der Waals surface area contributed by atoms with Gasteiger partial charge in [0, 0.05) is 48.2 Å². The van der Waals surface area contributed by atoms with E-state index in [0.29, 0.717) is 6.54 Å². The van der Waals surface area contributed by atoms with Gasteiger partial charge in [0.2, 0.25) is 0 Å². The minimum absolute atomic E-state index is 0.0305. The van der Waals surface area contributed by atoms with E-state index in [-0.39, 0.29) is 12.0 Å². The summed E-state index contributed by atoms with van der Waals surface area (Å²) in [4.78, 5) is 22.6. The Bertz CT molecular complexity index is 1240. The molecule has 1 aliphatic carbocycles. The van der Waals surface area contributed by atoms with Crippen LogP contribution in [0.5, 0.6) is 0 Å². The lowest BCUT2D eigenvalue weighted by Gasteiger charge is -2.16. The second kappa shape index (κ2) is 11.5. The number of carbonyl (C=O) groups is 1. The SMILES string of the molecule is CCc1cc(-c2nc(-c3cc(C(=O)NCC4CCCO4)c(C)n3CCC3=CCCCC3)cs2)ccn1. The van der Waals surface area contributed by atoms with Crippen LogP contribution in [0.4, 0.5) is 0 Å². The van der Waals surface area contributed by atoms with Gasteiger partial charge in [-0.25, -0.2) is 4.98 Å². The van der Waals surface area contributed by atoms with Gasteiger partial charge in [-0.3, -0.25) is 9.78 Å². The van der Waals surface area contributed by atoms with Crippen LogP contribution >= 0.6 is 11.3 Å². The normalized spacial score (nSPS) is 17.8. The number of hydrogen-bond donors (Lipinski definition) is 1. The zero-order valence-electron chi connectivity index (χ0n) is 21.4. The predicted molar refractivity (Wildman–Crippen MR) is 145 cm³/mol. The average Bonchev–Trinajstić information content (AvgIpc) is 3.67. The molecule has 0 radical (unpaired) electrons. The fourth-order valence-corrected chi connectivity index (χ4v) is 6.01. The predicted octanol–water partition coefficient (Wildman–Crippen LogP) is 6.34. The number of thiazole rings is 1. The zero-order valence-corrected chi connectivity index (χ0v) is 22.2. The van der Waals surface area contributed by atoms with E-state index in [1.807, 2.05) is 18.3 Å². The topological polar surface area (TPSA) is 69.0 Å². The molecule has 1 fully saturated rings. The lowest BCUT2D eigenvalue weighted by molar-refractivity contribution is 0.0857. The van der Waals surface area contributed by atoms with Crippen molar-refractivity contribution in [2.75, 3.05) is 13.2 Å². The van der Waals surface area contributed by atoms with Crippen LogP contribution in [-0.2, 0) is 17.7 Å². The first-order valence-electron chi connectivity index (χ1n) is 13.3. The van der Waals surface area contributed by atoms with Crippen LogP contribution in [0.2, 0.25) is 0 Å². The van der Waals surface area contributed by atoms with Gasteiger partial charge in [-0.15, -0.1) is 11.3 Å². The Hall–Kier alpha value is -2.77. The highest BCUT2D eigenvalue weighted by Crippen LogP contribution is 2.32. The Balaban J connectivity index is 1.43. The summed E-state index contributed by atoms with van der Waals surface area (Å²) in [7, 11) is 0. The molecule has 190 valence electrons. The number of rotatable bonds is 9. The minimum atomic E-state index is -0.0305. The number of hydrogen-bond acceptors (Lipinski definition) is 5. The Kier molecular flexibility index (Phi) is 7.97. The van der Waals surface area contributed by atoms with E-state index in [1.165, 1.54) is 31.3 Å². The third-order valence-electron chi connectivity index (χ3n) is 7.36. The van der Waals surface area contributed by atoms with Gasteiger partial charge in [0.15, 0.2) is 0 Å². The third kappa shape index (κ3) is 5.62. The standard InChI is InChI=1S/C29H36N4O2S/c1-3-23-16-22(11-13-30-23)29-32-26(19-36-29)27-17-25(28(34)31-18-24-10-7-15-35-24)20(2)33(27)14-12-21-8-5-4-6-9-21/h8,11,13,16-17,19,24H,3-7,9-10,12,14-15,18H2,1-2H3,(H,31,34). The Morgan fingerprint density at radius 1 is 1.28 bits per heavy atom. The molecule has 36 heavy (non-hydrogen) atoms. The Morgan fingerprint density at radius 2 is 2.19 bits per heavy atom. The molecule has 2 aliphatic rings. The largest absolute Gasteiger partial charge is 0.376 e. The van der Waals surface area contributed by atoms with Crippen LogP contribution in [0.1, 0.15) is 73.6 Å². The molecule has 1 N–H and O–H groups in total. The van der Waals surface area contributed by atoms with Crippen molar-refractivity contribution < 1.29 is 9.53 Å². The summed E-state index contributed by atoms with van der Waals surface area (Å²) < 4.78 is 7.99. The molecule has 5 rings (SSSR count). The van der Waals surface area contributed by atoms with Crippen LogP contribution < -0.4 is 5.32 Å². The number of pyridine rings is 1. The summed E-state index contributed by atoms with van der Waals surface area (Å²) in [5, 5.41) is 6.20. The lowest BCUT2D eigenvalue weighted by Crippen LogP contribution is -2.32. The van der Waals surface area contributed by atoms with Crippen LogP contribution in [0.25, 0.3) is 22.0 Å². The smallest absolute Gasteiger partial charge is 0.253 e. The maximum Gasteiger partial charge on any atom is 0.253 e. The molecular weight excluding hydrogens is 468 g/mol. The number of aromatic nitrogens is 3. The molecule has 3 aromatic rings. The molecule has 1 saturated heterocycles. The summed E-state index contributed by atoms with van der Waals surface area (Å²) in [6.45, 7) is 6.38. The van der Waals surface area contributed by atoms with E-state index < -0.39 is 0 Å². The summed E-state index contributed by atoms with van der Waals surface area (Å²) in [6.07, 6.45) is 13.3. The fraction of sp³-hybridized carbons (Fsp3) is 0.483. The van der Waals surface area contributed by atoms with E-state index in [2.05, 4.69) is 46.2 Å². The molecule has 1 atom stereocenters. The van der Waals surface area contributed by atoms with Gasteiger partial charge in [-0.1, -0.05) is 18.6 Å². The number of nitrogens with zero attached hydrogens (tertiary/aromatic N) is 3. The molecule has 1 unspecified atom stereocenters. The van der Waals surface area contributed by atoms with Crippen molar-refractivity contribution in [3.05, 3.63) is 58.4 Å². The van der Waals surface area contributed by atoms with E-state index >= 15 is 0 Å². The van der Waals surface area contributed by atoms with Gasteiger partial charge < -0.3 is 14.6 Å². The Labute approximate surface area is 217 Å². The number of allylic oxidation sites excluding steroid dienone is 2. The summed E-state index contributed by atoms with van der Waals surface area (Å²) >= 11 is 1.64. The first-order valence-corrected chi connectivity index (χ1v) is 14.2. The first kappa shape index (κ1) is 24.9. The van der Waals surface area contributed by atoms with Crippen molar-refractivity contribution in [2.45, 2.75) is 77.9 Å². The van der Waals surface area contributed by atoms with E-state index in [0.717, 1.165) is 77.7 Å². The van der Waals surface area contributed by atoms with Crippen molar-refractivity contribution in [1.82, 2.24) is 19.9 Å². The highest BCUT2D eigenvalue weighted by molar-refractivity contribution is 7.13. The third-order valence-corrected chi connectivity index (χ3v) is 8.25. The highest BCUT2D eigenvalue weighted by atomic mass is 32.1. The maximum absolute atomic E-state index is 13.2. The molecule has 6 nitrogen and oxygen atoms in total. The van der Waals surface area contributed by atoms with Crippen molar-refractivity contribution in [3.8, 4) is 22.0 Å². The number of nitrogens with one attached hydrogen (secondary N) is 1. The molecule has 0 spiro atoms. The van der Waals surface area contributed by atoms with Gasteiger partial charge in [0.1, 0.15) is 5.01 Å². The van der Waals surface area contributed by atoms with E-state index in [9.17, 15) is 4.79 Å². The molecule has 0 bridgehead atoms. The van der Waals surface area contributed by atoms with Crippen molar-refractivity contribution >= 4 is 17.2 Å². The molecule has 7 heteroatoms. The number of ether oxygens (including phenoxy) is 1. The highest BCUT2D eigenvalue weighted by Gasteiger charge is 2.22. The van der Waals surface area contributed by atoms with Gasteiger partial charge in [0.05, 0.1) is 23.1 Å². The van der Waals surface area contributed by atoms with Gasteiger partial charge >= 0.3 is 0 Å². The van der Waals surface area contributed by atoms with Crippen molar-refractivity contribution in [3.63, 3.8) is 0 Å². The number of aryl methyl sites for hydroxylation is 1. The van der Waals surface area contributed by atoms with E-state index in [1.54, 1.807) is 11.3 Å². The van der Waals surface area contributed by atoms with Crippen LogP contribution in [0, 0.1) is 6.92 Å². The molecule has 1 amide bonds. The van der Waals surface area contributed by atoms with Crippen molar-refractivity contribution in [1.29, 1.82) is 0 Å². The van der Waals surface area contributed by atoms with Crippen LogP contribution in [0.3, 0.4) is 0 Å². The van der Waals surface area contributed by atoms with Crippen molar-refractivity contribution in [2.24, 2.45) is 0 Å². The summed E-state index contributed by atoms with van der Waals surface area (Å²) in [5.41, 5.74) is 7.35. The number of amides is 1. The van der Waals surface area contributed by atoms with Gasteiger partial charge in [-0.2, -0.15) is 0 Å². The summed E-state index contributed by atoms with van der Waals surface area (Å²) in [6, 6.07) is 6.16. The van der Waals surface area contributed by atoms with Crippen LogP contribution in [-0.4, -0.2) is 39.7 Å². The molecule has 4 heterocycles. The second-order valence-corrected chi connectivity index (χ2v) is 10.7. The van der Waals surface area contributed by atoms with E-state index in [4.69, 9.17) is 9.72 Å². The monoisotopic (exact) mass is 504 g/mol. The zero-order chi connectivity index (χ0) is 24.9. The molecular formula is C29H36N4O2S. The molecule has 0 saturated carbocycles. The first-order chi connectivity index (χ1) is 17.6. The minimum Gasteiger partial charge on any atom is -0.376 e. The van der Waals surface area contributed by atoms with Crippen LogP contribution in [0.15, 0.2) is 41.4 Å². The summed E-state index contributed by atoms with van der Waals surface area (Å²) in [5.74, 6) is -0.0305. The van der Waals surface area contributed by atoms with Gasteiger partial charge in [-0.05, 0) is 76.5 Å². The molecule has 0 aromatic carbocycles. The second-order valence-electron chi connectivity index (χ2n) is 9.81. The lowest BCUT2D eigenvalue weighted by atomic mass is 9.97.